The van der Waals surface area contributed by atoms with Crippen molar-refractivity contribution in [3.63, 3.8) is 0 Å². The number of rotatable bonds is 0. The number of aromatic nitrogens is 1. The molecule has 0 aliphatic carbocycles. The van der Waals surface area contributed by atoms with E-state index in [2.05, 4.69) is 169 Å². The minimum absolute atomic E-state index is 0.0236. The van der Waals surface area contributed by atoms with Crippen LogP contribution in [0, 0.1) is 11.3 Å². The van der Waals surface area contributed by atoms with Gasteiger partial charge in [0.1, 0.15) is 0 Å². The zero-order valence-electron chi connectivity index (χ0n) is 35.4. The van der Waals surface area contributed by atoms with Crippen LogP contribution < -0.4 is 0 Å². The van der Waals surface area contributed by atoms with E-state index < -0.39 is 0 Å². The first-order chi connectivity index (χ1) is 25.4. The molecule has 4 aromatic heterocycles. The molecule has 3 nitrogen and oxygen atoms in total. The van der Waals surface area contributed by atoms with Crippen molar-refractivity contribution in [3.05, 3.63) is 88.0 Å². The van der Waals surface area contributed by atoms with Crippen LogP contribution in [0.4, 0.5) is 0 Å². The molecule has 4 heterocycles. The Morgan fingerprint density at radius 1 is 0.509 bits per heavy atom. The topological polar surface area (TPSA) is 41.3 Å². The van der Waals surface area contributed by atoms with E-state index in [9.17, 15) is 5.26 Å². The number of nitriles is 1. The molecule has 4 heteroatoms. The molecule has 9 rings (SSSR count). The first-order valence-electron chi connectivity index (χ1n) is 19.9. The summed E-state index contributed by atoms with van der Waals surface area (Å²) in [5.41, 5.74) is 12.1. The van der Waals surface area contributed by atoms with E-state index in [4.69, 9.17) is 4.42 Å². The average Bonchev–Trinajstić information content (AvgIpc) is 3.80. The summed E-state index contributed by atoms with van der Waals surface area (Å²) in [5.74, 6) is 0. The Balaban J connectivity index is 1.57. The molecule has 280 valence electrons. The van der Waals surface area contributed by atoms with Crippen LogP contribution in [0.15, 0.2) is 59.0 Å². The molecule has 0 saturated carbocycles. The van der Waals surface area contributed by atoms with Gasteiger partial charge in [0, 0.05) is 0 Å². The number of hydrogen-bond donors (Lipinski definition) is 0. The van der Waals surface area contributed by atoms with Gasteiger partial charge in [-0.1, -0.05) is 41.5 Å². The Bertz CT molecular complexity index is 3150. The molecule has 0 spiro atoms. The SMILES string of the molecule is CC(C)(C)c1cc(C(C)(C)C)c2[se]c3ccc4c(c5cc(C(C)(C)C)cc6c7c8c(oc9c(C(C)(C)C)cc(C(C)(C)C)cc98)c(C#N)cc7n4c56)c3c2c1. The van der Waals surface area contributed by atoms with E-state index in [0.717, 1.165) is 21.9 Å². The van der Waals surface area contributed by atoms with Crippen LogP contribution in [0.5, 0.6) is 0 Å². The monoisotopic (exact) mass is 790 g/mol. The molecule has 0 fully saturated rings. The second-order valence-electron chi connectivity index (χ2n) is 21.5. The maximum atomic E-state index is 10.8. The van der Waals surface area contributed by atoms with E-state index in [-0.39, 0.29) is 41.6 Å². The van der Waals surface area contributed by atoms with Gasteiger partial charge in [-0.2, -0.15) is 0 Å². The van der Waals surface area contributed by atoms with Crippen LogP contribution in [0.2, 0.25) is 0 Å². The van der Waals surface area contributed by atoms with Gasteiger partial charge in [0.15, 0.2) is 0 Å². The van der Waals surface area contributed by atoms with Gasteiger partial charge in [0.2, 0.25) is 0 Å². The Labute approximate surface area is 331 Å². The first-order valence-corrected chi connectivity index (χ1v) is 21.6. The third kappa shape index (κ3) is 5.12. The summed E-state index contributed by atoms with van der Waals surface area (Å²) in [6.07, 6.45) is 0. The summed E-state index contributed by atoms with van der Waals surface area (Å²) in [7, 11) is 0. The average molecular weight is 790 g/mol. The second kappa shape index (κ2) is 11.0. The van der Waals surface area contributed by atoms with Crippen LogP contribution in [-0.2, 0) is 27.1 Å². The molecule has 0 saturated heterocycles. The van der Waals surface area contributed by atoms with Crippen LogP contribution in [0.25, 0.3) is 79.3 Å². The molecule has 0 amide bonds. The van der Waals surface area contributed by atoms with Gasteiger partial charge in [0.25, 0.3) is 0 Å². The third-order valence-corrected chi connectivity index (χ3v) is 14.8. The van der Waals surface area contributed by atoms with E-state index in [1.165, 1.54) is 79.7 Å². The number of furan rings is 1. The van der Waals surface area contributed by atoms with Gasteiger partial charge >= 0.3 is 291 Å². The summed E-state index contributed by atoms with van der Waals surface area (Å²) in [5, 5.41) is 20.9. The van der Waals surface area contributed by atoms with Crippen molar-refractivity contribution < 1.29 is 4.42 Å². The molecule has 0 N–H and O–H groups in total. The standard InChI is InChI=1S/C51H54N2OSe/c1-47(2,3)27-19-30-39-36(16-17-38-41(39)33-22-29(49(7,8)9)24-35(46(33)55-38)51(13,14)15)53-37-18-26(25-52)44-42(40(37)31(20-27)43(30)53)32-21-28(48(4,5)6)23-34(45(32)54-44)50(10,11)12/h16-24H,1-15H3. The molecule has 9 aromatic rings. The molecule has 0 bridgehead atoms. The summed E-state index contributed by atoms with van der Waals surface area (Å²) in [6.45, 7) is 34.8. The van der Waals surface area contributed by atoms with E-state index in [1.54, 1.807) is 0 Å². The molecule has 55 heavy (non-hydrogen) atoms. The van der Waals surface area contributed by atoms with Crippen LogP contribution in [0.3, 0.4) is 0 Å². The number of hydrogen-bond acceptors (Lipinski definition) is 2. The molecule has 0 unspecified atom stereocenters. The fourth-order valence-corrected chi connectivity index (χ4v) is 12.0. The maximum absolute atomic E-state index is 10.8. The summed E-state index contributed by atoms with van der Waals surface area (Å²) in [4.78, 5) is 0. The van der Waals surface area contributed by atoms with Gasteiger partial charge in [-0.15, -0.1) is 0 Å². The van der Waals surface area contributed by atoms with Crippen molar-refractivity contribution in [2.24, 2.45) is 0 Å². The number of fused-ring (bicyclic) bond motifs is 14. The van der Waals surface area contributed by atoms with Gasteiger partial charge in [0.05, 0.1) is 0 Å². The van der Waals surface area contributed by atoms with Crippen molar-refractivity contribution in [3.8, 4) is 6.07 Å². The summed E-state index contributed by atoms with van der Waals surface area (Å²) < 4.78 is 12.4. The number of nitrogens with zero attached hydrogens (tertiary/aromatic N) is 2. The first kappa shape index (κ1) is 36.4. The fourth-order valence-electron chi connectivity index (χ4n) is 9.03. The van der Waals surface area contributed by atoms with Gasteiger partial charge in [-0.3, -0.25) is 0 Å². The third-order valence-electron chi connectivity index (χ3n) is 12.2. The predicted molar refractivity (Wildman–Crippen MR) is 239 cm³/mol. The second-order valence-corrected chi connectivity index (χ2v) is 23.7. The quantitative estimate of drug-likeness (QED) is 0.144. The van der Waals surface area contributed by atoms with Gasteiger partial charge in [-0.05, 0) is 0 Å². The molecule has 5 aromatic carbocycles. The van der Waals surface area contributed by atoms with Crippen LogP contribution in [0.1, 0.15) is 137 Å². The van der Waals surface area contributed by atoms with Crippen LogP contribution >= 0.6 is 0 Å². The van der Waals surface area contributed by atoms with Crippen LogP contribution in [-0.4, -0.2) is 18.9 Å². The number of benzene rings is 5. The van der Waals surface area contributed by atoms with E-state index >= 15 is 0 Å². The normalized spacial score (nSPS) is 14.1. The Hall–Kier alpha value is -4.29. The fraction of sp³-hybridized carbons (Fsp3) is 0.392. The van der Waals surface area contributed by atoms with Gasteiger partial charge < -0.3 is 0 Å². The molecule has 0 atom stereocenters. The van der Waals surface area contributed by atoms with Crippen molar-refractivity contribution in [1.29, 1.82) is 5.26 Å². The molecule has 0 aliphatic rings. The van der Waals surface area contributed by atoms with Crippen molar-refractivity contribution >= 4 is 93.8 Å². The van der Waals surface area contributed by atoms with Crippen molar-refractivity contribution in [2.75, 3.05) is 0 Å². The van der Waals surface area contributed by atoms with Gasteiger partial charge in [-0.25, -0.2) is 0 Å². The van der Waals surface area contributed by atoms with E-state index in [0.29, 0.717) is 11.1 Å². The minimum atomic E-state index is -0.151. The zero-order chi connectivity index (χ0) is 39.7. The Kier molecular flexibility index (Phi) is 7.25. The summed E-state index contributed by atoms with van der Waals surface area (Å²) in [6, 6.07) is 24.1. The Morgan fingerprint density at radius 3 is 1.56 bits per heavy atom. The van der Waals surface area contributed by atoms with Crippen molar-refractivity contribution in [1.82, 2.24) is 4.40 Å². The molecular formula is C51H54N2OSe. The molecular weight excluding hydrogens is 736 g/mol. The Morgan fingerprint density at radius 2 is 1.02 bits per heavy atom. The molecule has 0 radical (unpaired) electrons. The van der Waals surface area contributed by atoms with Crippen molar-refractivity contribution in [2.45, 2.75) is 131 Å². The molecule has 0 aliphatic heterocycles. The van der Waals surface area contributed by atoms with E-state index in [1.807, 2.05) is 0 Å². The summed E-state index contributed by atoms with van der Waals surface area (Å²) >= 11 is 0.199. The zero-order valence-corrected chi connectivity index (χ0v) is 37.1. The predicted octanol–water partition coefficient (Wildman–Crippen LogP) is 14.5.